The van der Waals surface area contributed by atoms with Gasteiger partial charge in [0.1, 0.15) is 11.6 Å². The highest BCUT2D eigenvalue weighted by atomic mass is 19.4. The van der Waals surface area contributed by atoms with Crippen LogP contribution in [0, 0.1) is 5.82 Å². The molecule has 1 fully saturated rings. The molecule has 1 aromatic heterocycles. The van der Waals surface area contributed by atoms with Gasteiger partial charge in [-0.1, -0.05) is 6.07 Å². The average Bonchev–Trinajstić information content (AvgIpc) is 2.76. The number of carbonyl (C=O) groups excluding carboxylic acids is 1. The summed E-state index contributed by atoms with van der Waals surface area (Å²) in [6, 6.07) is 5.45. The lowest BCUT2D eigenvalue weighted by Crippen LogP contribution is -2.52. The highest BCUT2D eigenvalue weighted by Gasteiger charge is 2.37. The molecule has 2 amide bonds. The third-order valence-electron chi connectivity index (χ3n) is 4.99. The lowest BCUT2D eigenvalue weighted by atomic mass is 9.91. The van der Waals surface area contributed by atoms with Crippen molar-refractivity contribution in [3.8, 4) is 11.6 Å². The fourth-order valence-electron chi connectivity index (χ4n) is 3.18. The van der Waals surface area contributed by atoms with Crippen LogP contribution in [0.4, 0.5) is 28.3 Å². The minimum atomic E-state index is -4.79. The molecule has 0 spiro atoms. The number of ether oxygens (including phenoxy) is 1. The first-order valence-electron chi connectivity index (χ1n) is 10.0. The maximum atomic E-state index is 13.4. The van der Waals surface area contributed by atoms with Gasteiger partial charge in [0.2, 0.25) is 17.7 Å². The molecule has 3 rings (SSSR count). The lowest BCUT2D eigenvalue weighted by Gasteiger charge is -2.38. The number of anilines is 1. The van der Waals surface area contributed by atoms with Gasteiger partial charge in [-0.05, 0) is 25.0 Å². The van der Waals surface area contributed by atoms with Crippen LogP contribution >= 0.6 is 0 Å². The number of alkyl halides is 3. The molecular weight excluding hydrogens is 466 g/mol. The molecule has 0 unspecified atom stereocenters. The van der Waals surface area contributed by atoms with E-state index in [1.807, 2.05) is 5.32 Å². The quantitative estimate of drug-likeness (QED) is 0.436. The number of amides is 2. The molecule has 184 valence electrons. The summed E-state index contributed by atoms with van der Waals surface area (Å²) < 4.78 is 58.9. The normalized spacial score (nSPS) is 15.5. The molecule has 0 atom stereocenters. The summed E-state index contributed by atoms with van der Waals surface area (Å²) >= 11 is 0. The number of halogens is 4. The van der Waals surface area contributed by atoms with Crippen molar-refractivity contribution < 1.29 is 42.1 Å². The van der Waals surface area contributed by atoms with Crippen LogP contribution < -0.4 is 20.3 Å². The number of benzene rings is 1. The second-order valence-corrected chi connectivity index (χ2v) is 7.60. The number of piperidine rings is 1. The van der Waals surface area contributed by atoms with Crippen molar-refractivity contribution in [2.45, 2.75) is 24.6 Å². The monoisotopic (exact) mass is 487 g/mol. The molecule has 1 aromatic carbocycles. The SMILES string of the molecule is O=C(O)NCC(=O)NCC1(O)CCN(c2nc(Oc3cccc(F)c3)cc(C(F)(F)F)n2)CC1. The van der Waals surface area contributed by atoms with Crippen molar-refractivity contribution in [1.82, 2.24) is 20.6 Å². The number of hydrogen-bond donors (Lipinski definition) is 4. The summed E-state index contributed by atoms with van der Waals surface area (Å²) in [6.07, 6.45) is -6.02. The number of rotatable bonds is 7. The van der Waals surface area contributed by atoms with E-state index in [0.29, 0.717) is 6.07 Å². The topological polar surface area (TPSA) is 137 Å². The number of hydrogen-bond acceptors (Lipinski definition) is 7. The first-order chi connectivity index (χ1) is 15.9. The van der Waals surface area contributed by atoms with Crippen molar-refractivity contribution in [3.63, 3.8) is 0 Å². The Morgan fingerprint density at radius 3 is 2.47 bits per heavy atom. The minimum absolute atomic E-state index is 0.0427. The van der Waals surface area contributed by atoms with Crippen molar-refractivity contribution in [2.75, 3.05) is 31.1 Å². The number of aliphatic hydroxyl groups is 1. The molecule has 2 heterocycles. The summed E-state index contributed by atoms with van der Waals surface area (Å²) in [5.74, 6) is -2.03. The second-order valence-electron chi connectivity index (χ2n) is 7.60. The Balaban J connectivity index is 1.69. The van der Waals surface area contributed by atoms with Gasteiger partial charge >= 0.3 is 12.3 Å². The molecule has 2 aromatic rings. The molecule has 0 bridgehead atoms. The summed E-state index contributed by atoms with van der Waals surface area (Å²) in [5.41, 5.74) is -2.60. The van der Waals surface area contributed by atoms with Gasteiger partial charge in [0, 0.05) is 31.8 Å². The molecule has 1 saturated heterocycles. The summed E-state index contributed by atoms with van der Waals surface area (Å²) in [5, 5.41) is 23.5. The Bertz CT molecular complexity index is 1040. The number of aromatic nitrogens is 2. The molecule has 0 aliphatic carbocycles. The van der Waals surface area contributed by atoms with Crippen LogP contribution in [0.5, 0.6) is 11.6 Å². The first kappa shape index (κ1) is 25.0. The largest absolute Gasteiger partial charge is 0.465 e. The van der Waals surface area contributed by atoms with Crippen molar-refractivity contribution in [1.29, 1.82) is 0 Å². The van der Waals surface area contributed by atoms with E-state index >= 15 is 0 Å². The maximum absolute atomic E-state index is 13.4. The third kappa shape index (κ3) is 6.91. The van der Waals surface area contributed by atoms with E-state index < -0.39 is 47.7 Å². The van der Waals surface area contributed by atoms with E-state index in [9.17, 15) is 32.3 Å². The van der Waals surface area contributed by atoms with Crippen LogP contribution in [0.3, 0.4) is 0 Å². The Morgan fingerprint density at radius 1 is 1.15 bits per heavy atom. The van der Waals surface area contributed by atoms with Crippen molar-refractivity contribution in [3.05, 3.63) is 41.8 Å². The van der Waals surface area contributed by atoms with Gasteiger partial charge in [-0.3, -0.25) is 4.79 Å². The molecule has 4 N–H and O–H groups in total. The molecule has 0 saturated carbocycles. The van der Waals surface area contributed by atoms with Crippen LogP contribution in [-0.4, -0.2) is 64.0 Å². The van der Waals surface area contributed by atoms with E-state index in [1.54, 1.807) is 0 Å². The van der Waals surface area contributed by atoms with Gasteiger partial charge < -0.3 is 30.5 Å². The Morgan fingerprint density at radius 2 is 1.85 bits per heavy atom. The number of nitrogens with one attached hydrogen (secondary N) is 2. The smallest absolute Gasteiger partial charge is 0.433 e. The molecule has 10 nitrogen and oxygen atoms in total. The van der Waals surface area contributed by atoms with Crippen LogP contribution in [0.2, 0.25) is 0 Å². The highest BCUT2D eigenvalue weighted by molar-refractivity contribution is 5.81. The number of carboxylic acid groups (broad SMARTS) is 1. The summed E-state index contributed by atoms with van der Waals surface area (Å²) in [4.78, 5) is 31.1. The standard InChI is InChI=1S/C20H21F4N5O5/c21-12-2-1-3-13(8-12)34-16-9-14(20(22,23)24)27-17(28-16)29-6-4-19(33,5-7-29)11-26-15(30)10-25-18(31)32/h1-3,8-9,25,33H,4-7,10-11H2,(H,26,30)(H,31,32). The van der Waals surface area contributed by atoms with Crippen LogP contribution in [0.25, 0.3) is 0 Å². The fourth-order valence-corrected chi connectivity index (χ4v) is 3.18. The highest BCUT2D eigenvalue weighted by Crippen LogP contribution is 2.33. The van der Waals surface area contributed by atoms with Gasteiger partial charge in [-0.15, -0.1) is 0 Å². The van der Waals surface area contributed by atoms with E-state index in [4.69, 9.17) is 9.84 Å². The fraction of sp³-hybridized carbons (Fsp3) is 0.400. The minimum Gasteiger partial charge on any atom is -0.465 e. The average molecular weight is 487 g/mol. The molecule has 34 heavy (non-hydrogen) atoms. The summed E-state index contributed by atoms with van der Waals surface area (Å²) in [7, 11) is 0. The predicted octanol–water partition coefficient (Wildman–Crippen LogP) is 2.14. The van der Waals surface area contributed by atoms with Crippen LogP contribution in [-0.2, 0) is 11.0 Å². The van der Waals surface area contributed by atoms with E-state index in [-0.39, 0.29) is 44.2 Å². The number of nitrogens with zero attached hydrogens (tertiary/aromatic N) is 3. The molecule has 1 aliphatic rings. The van der Waals surface area contributed by atoms with Gasteiger partial charge in [-0.2, -0.15) is 18.2 Å². The zero-order valence-electron chi connectivity index (χ0n) is 17.6. The molecule has 14 heteroatoms. The Kier molecular flexibility index (Phi) is 7.39. The third-order valence-corrected chi connectivity index (χ3v) is 4.99. The molecular formula is C20H21F4N5O5. The zero-order valence-corrected chi connectivity index (χ0v) is 17.6. The van der Waals surface area contributed by atoms with E-state index in [2.05, 4.69) is 15.3 Å². The van der Waals surface area contributed by atoms with Gasteiger partial charge in [0.15, 0.2) is 5.69 Å². The molecule has 0 radical (unpaired) electrons. The van der Waals surface area contributed by atoms with Gasteiger partial charge in [-0.25, -0.2) is 14.2 Å². The van der Waals surface area contributed by atoms with Crippen LogP contribution in [0.15, 0.2) is 30.3 Å². The Hall–Kier alpha value is -3.68. The van der Waals surface area contributed by atoms with Gasteiger partial charge in [0.25, 0.3) is 0 Å². The zero-order chi connectivity index (χ0) is 24.9. The predicted molar refractivity (Wildman–Crippen MR) is 109 cm³/mol. The first-order valence-corrected chi connectivity index (χ1v) is 10.0. The van der Waals surface area contributed by atoms with Gasteiger partial charge in [0.05, 0.1) is 12.1 Å². The summed E-state index contributed by atoms with van der Waals surface area (Å²) in [6.45, 7) is -0.511. The maximum Gasteiger partial charge on any atom is 0.433 e. The van der Waals surface area contributed by atoms with E-state index in [0.717, 1.165) is 12.1 Å². The lowest BCUT2D eigenvalue weighted by molar-refractivity contribution is -0.141. The van der Waals surface area contributed by atoms with Crippen molar-refractivity contribution in [2.24, 2.45) is 0 Å². The van der Waals surface area contributed by atoms with Crippen molar-refractivity contribution >= 4 is 17.9 Å². The second kappa shape index (κ2) is 10.1. The van der Waals surface area contributed by atoms with Crippen LogP contribution in [0.1, 0.15) is 18.5 Å². The Labute approximate surface area is 190 Å². The van der Waals surface area contributed by atoms with E-state index in [1.165, 1.54) is 17.0 Å². The molecule has 1 aliphatic heterocycles. The number of carbonyl (C=O) groups is 2.